The number of aromatic nitrogens is 5. The average molecular weight is 304 g/mol. The Morgan fingerprint density at radius 2 is 2.36 bits per heavy atom. The molecule has 2 N–H and O–H groups in total. The molecule has 22 heavy (non-hydrogen) atoms. The van der Waals surface area contributed by atoms with Crippen molar-refractivity contribution >= 4 is 5.91 Å². The van der Waals surface area contributed by atoms with Gasteiger partial charge >= 0.3 is 0 Å². The van der Waals surface area contributed by atoms with E-state index >= 15 is 0 Å². The summed E-state index contributed by atoms with van der Waals surface area (Å²) in [6.45, 7) is 7.05. The fourth-order valence-corrected chi connectivity index (χ4v) is 2.78. The molecule has 0 saturated carbocycles. The summed E-state index contributed by atoms with van der Waals surface area (Å²) in [6, 6.07) is 0. The van der Waals surface area contributed by atoms with Crippen LogP contribution in [0, 0.1) is 0 Å². The number of aromatic amines is 1. The van der Waals surface area contributed by atoms with Crippen molar-refractivity contribution in [2.45, 2.75) is 52.5 Å². The number of carbonyl (C=O) groups is 1. The summed E-state index contributed by atoms with van der Waals surface area (Å²) in [5.41, 5.74) is 2.28. The quantitative estimate of drug-likeness (QED) is 0.877. The topological polar surface area (TPSA) is 97.7 Å². The van der Waals surface area contributed by atoms with Crippen molar-refractivity contribution in [3.05, 3.63) is 29.1 Å². The van der Waals surface area contributed by atoms with Crippen LogP contribution in [0.25, 0.3) is 0 Å². The molecule has 8 nitrogen and oxygen atoms in total. The molecule has 0 fully saturated rings. The van der Waals surface area contributed by atoms with Gasteiger partial charge in [0.2, 0.25) is 0 Å². The third-order valence-electron chi connectivity index (χ3n) is 3.89. The number of hydrogen-bond donors (Lipinski definition) is 2. The summed E-state index contributed by atoms with van der Waals surface area (Å²) in [6.07, 6.45) is 2.34. The van der Waals surface area contributed by atoms with Gasteiger partial charge in [-0.25, -0.2) is 0 Å². The first-order chi connectivity index (χ1) is 10.6. The van der Waals surface area contributed by atoms with Crippen LogP contribution in [0.4, 0.5) is 0 Å². The minimum absolute atomic E-state index is 0.0732. The lowest BCUT2D eigenvalue weighted by Crippen LogP contribution is -2.28. The van der Waals surface area contributed by atoms with Gasteiger partial charge in [-0.1, -0.05) is 0 Å². The lowest BCUT2D eigenvalue weighted by molar-refractivity contribution is -0.00697. The first-order valence-electron chi connectivity index (χ1n) is 7.47. The van der Waals surface area contributed by atoms with E-state index in [4.69, 9.17) is 4.74 Å². The summed E-state index contributed by atoms with van der Waals surface area (Å²) in [5, 5.41) is 17.8. The Hall–Kier alpha value is -2.22. The van der Waals surface area contributed by atoms with Gasteiger partial charge in [-0.2, -0.15) is 5.10 Å². The minimum Gasteiger partial charge on any atom is -0.369 e. The number of amides is 1. The van der Waals surface area contributed by atoms with E-state index in [1.165, 1.54) is 0 Å². The van der Waals surface area contributed by atoms with E-state index in [-0.39, 0.29) is 18.1 Å². The average Bonchev–Trinajstić information content (AvgIpc) is 3.10. The maximum atomic E-state index is 12.4. The molecule has 0 aliphatic carbocycles. The van der Waals surface area contributed by atoms with Gasteiger partial charge in [0.05, 0.1) is 24.4 Å². The van der Waals surface area contributed by atoms with Crippen LogP contribution >= 0.6 is 0 Å². The Morgan fingerprint density at radius 1 is 1.55 bits per heavy atom. The Morgan fingerprint density at radius 3 is 3.14 bits per heavy atom. The van der Waals surface area contributed by atoms with E-state index in [1.807, 2.05) is 25.3 Å². The number of fused-ring (bicyclic) bond motifs is 1. The zero-order chi connectivity index (χ0) is 15.7. The predicted molar refractivity (Wildman–Crippen MR) is 78.1 cm³/mol. The smallest absolute Gasteiger partial charge is 0.272 e. The molecule has 1 aliphatic rings. The monoisotopic (exact) mass is 304 g/mol. The fraction of sp³-hybridized carbons (Fsp3) is 0.571. The summed E-state index contributed by atoms with van der Waals surface area (Å²) in [5.74, 6) is 0.523. The lowest BCUT2D eigenvalue weighted by atomic mass is 9.99. The highest BCUT2D eigenvalue weighted by atomic mass is 16.5. The fourth-order valence-electron chi connectivity index (χ4n) is 2.78. The highest BCUT2D eigenvalue weighted by molar-refractivity contribution is 5.94. The number of ether oxygens (including phenoxy) is 1. The van der Waals surface area contributed by atoms with E-state index in [2.05, 4.69) is 25.7 Å². The highest BCUT2D eigenvalue weighted by Gasteiger charge is 2.29. The number of rotatable bonds is 4. The molecule has 0 spiro atoms. The molecule has 3 rings (SSSR count). The molecule has 0 radical (unpaired) electrons. The third-order valence-corrected chi connectivity index (χ3v) is 3.89. The Labute approximate surface area is 128 Å². The standard InChI is InChI=1S/C14H20N6O2/c1-4-20-7-16-17-11(20)6-15-14(21)13-10-5-8(2)22-9(3)12(10)18-19-13/h7-9H,4-6H2,1-3H3,(H,15,21)(H,18,19)/t8-,9+/m0/s1. The molecule has 1 amide bonds. The molecule has 0 saturated heterocycles. The summed E-state index contributed by atoms with van der Waals surface area (Å²) >= 11 is 0. The molecule has 118 valence electrons. The molecule has 0 bridgehead atoms. The second-order valence-electron chi connectivity index (χ2n) is 5.47. The third kappa shape index (κ3) is 2.61. The maximum Gasteiger partial charge on any atom is 0.272 e. The van der Waals surface area contributed by atoms with Crippen molar-refractivity contribution in [3.8, 4) is 0 Å². The first kappa shape index (κ1) is 14.7. The van der Waals surface area contributed by atoms with Crippen molar-refractivity contribution in [3.63, 3.8) is 0 Å². The molecule has 8 heteroatoms. The van der Waals surface area contributed by atoms with Crippen molar-refractivity contribution in [1.82, 2.24) is 30.3 Å². The molecule has 2 aromatic rings. The molecule has 0 unspecified atom stereocenters. The van der Waals surface area contributed by atoms with E-state index < -0.39 is 0 Å². The molecule has 0 aromatic carbocycles. The highest BCUT2D eigenvalue weighted by Crippen LogP contribution is 2.29. The van der Waals surface area contributed by atoms with Crippen LogP contribution < -0.4 is 5.32 Å². The number of H-pyrrole nitrogens is 1. The van der Waals surface area contributed by atoms with Crippen LogP contribution in [-0.4, -0.2) is 37.0 Å². The first-order valence-corrected chi connectivity index (χ1v) is 7.47. The SMILES string of the molecule is CCn1cnnc1CNC(=O)c1n[nH]c2c1C[C@H](C)O[C@@H]2C. The van der Waals surface area contributed by atoms with Gasteiger partial charge in [-0.15, -0.1) is 10.2 Å². The van der Waals surface area contributed by atoms with E-state index in [0.29, 0.717) is 18.7 Å². The van der Waals surface area contributed by atoms with E-state index in [0.717, 1.165) is 23.6 Å². The number of aryl methyl sites for hydroxylation is 1. The molecule has 3 heterocycles. The Bertz CT molecular complexity index is 677. The van der Waals surface area contributed by atoms with Crippen LogP contribution in [-0.2, 0) is 24.2 Å². The van der Waals surface area contributed by atoms with Crippen molar-refractivity contribution in [2.24, 2.45) is 0 Å². The number of hydrogen-bond acceptors (Lipinski definition) is 5. The van der Waals surface area contributed by atoms with E-state index in [9.17, 15) is 4.79 Å². The zero-order valence-electron chi connectivity index (χ0n) is 13.0. The largest absolute Gasteiger partial charge is 0.369 e. The van der Waals surface area contributed by atoms with Crippen molar-refractivity contribution < 1.29 is 9.53 Å². The summed E-state index contributed by atoms with van der Waals surface area (Å²) in [7, 11) is 0. The molecular weight excluding hydrogens is 284 g/mol. The number of carbonyl (C=O) groups excluding carboxylic acids is 1. The minimum atomic E-state index is -0.204. The second kappa shape index (κ2) is 5.88. The number of nitrogens with zero attached hydrogens (tertiary/aromatic N) is 4. The van der Waals surface area contributed by atoms with Gasteiger partial charge in [-0.05, 0) is 20.8 Å². The van der Waals surface area contributed by atoms with Gasteiger partial charge < -0.3 is 14.6 Å². The molecule has 1 aliphatic heterocycles. The maximum absolute atomic E-state index is 12.4. The van der Waals surface area contributed by atoms with Gasteiger partial charge in [0.25, 0.3) is 5.91 Å². The van der Waals surface area contributed by atoms with Crippen LogP contribution in [0.2, 0.25) is 0 Å². The molecule has 2 aromatic heterocycles. The zero-order valence-corrected chi connectivity index (χ0v) is 13.0. The Balaban J connectivity index is 1.74. The molecular formula is C14H20N6O2. The van der Waals surface area contributed by atoms with Crippen molar-refractivity contribution in [1.29, 1.82) is 0 Å². The van der Waals surface area contributed by atoms with E-state index in [1.54, 1.807) is 6.33 Å². The van der Waals surface area contributed by atoms with Crippen LogP contribution in [0.3, 0.4) is 0 Å². The van der Waals surface area contributed by atoms with Gasteiger partial charge in [0, 0.05) is 18.5 Å². The van der Waals surface area contributed by atoms with Gasteiger partial charge in [0.15, 0.2) is 11.5 Å². The van der Waals surface area contributed by atoms with Gasteiger partial charge in [-0.3, -0.25) is 9.89 Å². The lowest BCUT2D eigenvalue weighted by Gasteiger charge is -2.25. The van der Waals surface area contributed by atoms with Crippen LogP contribution in [0.1, 0.15) is 54.4 Å². The summed E-state index contributed by atoms with van der Waals surface area (Å²) < 4.78 is 7.62. The Kier molecular flexibility index (Phi) is 3.93. The number of nitrogens with one attached hydrogen (secondary N) is 2. The van der Waals surface area contributed by atoms with Crippen LogP contribution in [0.5, 0.6) is 0 Å². The molecule has 2 atom stereocenters. The predicted octanol–water partition coefficient (Wildman–Crippen LogP) is 0.973. The van der Waals surface area contributed by atoms with Crippen molar-refractivity contribution in [2.75, 3.05) is 0 Å². The second-order valence-corrected chi connectivity index (χ2v) is 5.47. The van der Waals surface area contributed by atoms with Crippen LogP contribution in [0.15, 0.2) is 6.33 Å². The summed E-state index contributed by atoms with van der Waals surface area (Å²) in [4.78, 5) is 12.4. The van der Waals surface area contributed by atoms with Gasteiger partial charge in [0.1, 0.15) is 6.33 Å². The normalized spacial score (nSPS) is 20.7.